The maximum atomic E-state index is 12.4. The molecule has 1 aliphatic heterocycles. The van der Waals surface area contributed by atoms with Crippen molar-refractivity contribution in [3.05, 3.63) is 64.7 Å². The second-order valence-corrected chi connectivity index (χ2v) is 11.4. The molecule has 1 unspecified atom stereocenters. The van der Waals surface area contributed by atoms with Gasteiger partial charge in [-0.25, -0.2) is 0 Å². The fourth-order valence-corrected chi connectivity index (χ4v) is 5.41. The minimum absolute atomic E-state index is 0.00800. The van der Waals surface area contributed by atoms with Crippen LogP contribution in [0.1, 0.15) is 74.8 Å². The molecule has 2 aromatic carbocycles. The Bertz CT molecular complexity index is 1120. The molecular weight excluding hydrogens is 490 g/mol. The lowest BCUT2D eigenvalue weighted by atomic mass is 9.71. The SMILES string of the molecule is CC(C)(C)C1CCC(N2C(=Nc3ccc(Cl)cc3)OCC2c2ccc(C(=O)NCCC(=O)O)cc2)CC1. The van der Waals surface area contributed by atoms with Crippen molar-refractivity contribution in [2.24, 2.45) is 16.3 Å². The van der Waals surface area contributed by atoms with Crippen LogP contribution in [0.25, 0.3) is 0 Å². The molecule has 0 bridgehead atoms. The Hall–Kier alpha value is -3.06. The summed E-state index contributed by atoms with van der Waals surface area (Å²) in [6, 6.07) is 15.8. The molecule has 0 spiro atoms. The molecule has 0 aromatic heterocycles. The third kappa shape index (κ3) is 6.83. The zero-order valence-electron chi connectivity index (χ0n) is 21.7. The van der Waals surface area contributed by atoms with E-state index in [0.717, 1.165) is 24.1 Å². The molecule has 1 amide bonds. The lowest BCUT2D eigenvalue weighted by molar-refractivity contribution is -0.136. The lowest BCUT2D eigenvalue weighted by Gasteiger charge is -2.41. The third-order valence-corrected chi connectivity index (χ3v) is 7.73. The van der Waals surface area contributed by atoms with Crippen LogP contribution in [-0.2, 0) is 9.53 Å². The number of aliphatic imine (C=N–C) groups is 1. The summed E-state index contributed by atoms with van der Waals surface area (Å²) in [5.74, 6) is -0.524. The van der Waals surface area contributed by atoms with Crippen molar-refractivity contribution in [2.45, 2.75) is 65.0 Å². The number of halogens is 1. The van der Waals surface area contributed by atoms with Crippen LogP contribution in [0.5, 0.6) is 0 Å². The van der Waals surface area contributed by atoms with Gasteiger partial charge in [-0.15, -0.1) is 0 Å². The maximum Gasteiger partial charge on any atom is 0.305 e. The topological polar surface area (TPSA) is 91.2 Å². The molecule has 37 heavy (non-hydrogen) atoms. The number of benzene rings is 2. The fraction of sp³-hybridized carbons (Fsp3) is 0.483. The number of nitrogens with zero attached hydrogens (tertiary/aromatic N) is 2. The van der Waals surface area contributed by atoms with Crippen molar-refractivity contribution in [1.29, 1.82) is 0 Å². The minimum Gasteiger partial charge on any atom is -0.481 e. The van der Waals surface area contributed by atoms with Gasteiger partial charge in [0.25, 0.3) is 11.9 Å². The quantitative estimate of drug-likeness (QED) is 0.448. The van der Waals surface area contributed by atoms with E-state index in [0.29, 0.717) is 40.6 Å². The summed E-state index contributed by atoms with van der Waals surface area (Å²) in [7, 11) is 0. The van der Waals surface area contributed by atoms with Gasteiger partial charge in [-0.2, -0.15) is 4.99 Å². The molecule has 198 valence electrons. The average molecular weight is 526 g/mol. The van der Waals surface area contributed by atoms with Gasteiger partial charge in [0.1, 0.15) is 6.61 Å². The van der Waals surface area contributed by atoms with Crippen LogP contribution < -0.4 is 5.32 Å². The summed E-state index contributed by atoms with van der Waals surface area (Å²) < 4.78 is 6.18. The molecule has 4 rings (SSSR count). The molecule has 7 nitrogen and oxygen atoms in total. The van der Waals surface area contributed by atoms with Crippen LogP contribution in [0, 0.1) is 11.3 Å². The van der Waals surface area contributed by atoms with Crippen molar-refractivity contribution in [3.8, 4) is 0 Å². The molecule has 2 fully saturated rings. The lowest BCUT2D eigenvalue weighted by Crippen LogP contribution is -2.42. The smallest absolute Gasteiger partial charge is 0.305 e. The van der Waals surface area contributed by atoms with E-state index in [-0.39, 0.29) is 24.9 Å². The van der Waals surface area contributed by atoms with Crippen molar-refractivity contribution < 1.29 is 19.4 Å². The van der Waals surface area contributed by atoms with Crippen molar-refractivity contribution >= 4 is 35.2 Å². The first-order chi connectivity index (χ1) is 17.6. The first kappa shape index (κ1) is 27.0. The number of ether oxygens (including phenoxy) is 1. The number of carboxylic acid groups (broad SMARTS) is 1. The van der Waals surface area contributed by atoms with E-state index >= 15 is 0 Å². The van der Waals surface area contributed by atoms with E-state index in [1.165, 1.54) is 12.8 Å². The third-order valence-electron chi connectivity index (χ3n) is 7.48. The molecule has 8 heteroatoms. The van der Waals surface area contributed by atoms with Gasteiger partial charge in [0.2, 0.25) is 0 Å². The van der Waals surface area contributed by atoms with Crippen molar-refractivity contribution in [1.82, 2.24) is 10.2 Å². The highest BCUT2D eigenvalue weighted by Crippen LogP contribution is 2.42. The molecule has 2 aromatic rings. The molecule has 1 aliphatic carbocycles. The summed E-state index contributed by atoms with van der Waals surface area (Å²) in [5, 5.41) is 12.1. The second-order valence-electron chi connectivity index (χ2n) is 11.0. The molecule has 2 N–H and O–H groups in total. The zero-order chi connectivity index (χ0) is 26.6. The predicted molar refractivity (Wildman–Crippen MR) is 145 cm³/mol. The maximum absolute atomic E-state index is 12.4. The Labute approximate surface area is 223 Å². The highest BCUT2D eigenvalue weighted by molar-refractivity contribution is 6.30. The molecule has 2 aliphatic rings. The van der Waals surface area contributed by atoms with Crippen LogP contribution in [0.2, 0.25) is 5.02 Å². The average Bonchev–Trinajstić information content (AvgIpc) is 3.28. The number of amides is 1. The zero-order valence-corrected chi connectivity index (χ0v) is 22.5. The number of rotatable bonds is 7. The number of hydrogen-bond acceptors (Lipinski definition) is 4. The predicted octanol–water partition coefficient (Wildman–Crippen LogP) is 6.21. The summed E-state index contributed by atoms with van der Waals surface area (Å²) in [5.41, 5.74) is 2.65. The van der Waals surface area contributed by atoms with Gasteiger partial charge >= 0.3 is 5.97 Å². The number of hydrogen-bond donors (Lipinski definition) is 2. The largest absolute Gasteiger partial charge is 0.481 e. The minimum atomic E-state index is -0.940. The van der Waals surface area contributed by atoms with Gasteiger partial charge in [-0.3, -0.25) is 9.59 Å². The van der Waals surface area contributed by atoms with E-state index in [4.69, 9.17) is 26.4 Å². The van der Waals surface area contributed by atoms with E-state index in [9.17, 15) is 9.59 Å². The monoisotopic (exact) mass is 525 g/mol. The van der Waals surface area contributed by atoms with Gasteiger partial charge in [-0.1, -0.05) is 44.5 Å². The van der Waals surface area contributed by atoms with Crippen LogP contribution in [-0.4, -0.2) is 47.1 Å². The summed E-state index contributed by atoms with van der Waals surface area (Å²) in [4.78, 5) is 30.3. The molecule has 1 saturated heterocycles. The fourth-order valence-electron chi connectivity index (χ4n) is 5.29. The van der Waals surface area contributed by atoms with Crippen LogP contribution in [0.3, 0.4) is 0 Å². The Morgan fingerprint density at radius 3 is 2.30 bits per heavy atom. The van der Waals surface area contributed by atoms with E-state index in [2.05, 4.69) is 31.0 Å². The summed E-state index contributed by atoms with van der Waals surface area (Å²) in [6.07, 6.45) is 4.38. The van der Waals surface area contributed by atoms with Gasteiger partial charge in [0, 0.05) is 23.2 Å². The number of carbonyl (C=O) groups excluding carboxylic acids is 1. The van der Waals surface area contributed by atoms with Crippen LogP contribution in [0.15, 0.2) is 53.5 Å². The Balaban J connectivity index is 1.54. The first-order valence-electron chi connectivity index (χ1n) is 13.0. The summed E-state index contributed by atoms with van der Waals surface area (Å²) in [6.45, 7) is 7.56. The Morgan fingerprint density at radius 2 is 1.70 bits per heavy atom. The van der Waals surface area contributed by atoms with Crippen molar-refractivity contribution in [2.75, 3.05) is 13.2 Å². The van der Waals surface area contributed by atoms with E-state index in [1.807, 2.05) is 36.4 Å². The van der Waals surface area contributed by atoms with E-state index < -0.39 is 5.97 Å². The second kappa shape index (κ2) is 11.5. The van der Waals surface area contributed by atoms with Gasteiger partial charge < -0.3 is 20.1 Å². The van der Waals surface area contributed by atoms with Crippen molar-refractivity contribution in [3.63, 3.8) is 0 Å². The molecular formula is C29H36ClN3O4. The number of carbonyl (C=O) groups is 2. The Morgan fingerprint density at radius 1 is 1.05 bits per heavy atom. The molecule has 1 atom stereocenters. The molecule has 1 saturated carbocycles. The Kier molecular flexibility index (Phi) is 8.42. The number of amidine groups is 1. The standard InChI is InChI=1S/C29H36ClN3O4/c1-29(2,3)21-8-14-24(15-9-21)33-25(18-37-28(33)32-23-12-10-22(30)11-13-23)19-4-6-20(7-5-19)27(36)31-17-16-26(34)35/h4-7,10-13,21,24-25H,8-9,14-18H2,1-3H3,(H,31,36)(H,34,35). The van der Waals surface area contributed by atoms with Gasteiger partial charge in [0.15, 0.2) is 0 Å². The highest BCUT2D eigenvalue weighted by atomic mass is 35.5. The normalized spacial score (nSPS) is 23.1. The number of aliphatic carboxylic acids is 1. The number of nitrogens with one attached hydrogen (secondary N) is 1. The van der Waals surface area contributed by atoms with Gasteiger partial charge in [0.05, 0.1) is 18.2 Å². The van der Waals surface area contributed by atoms with Gasteiger partial charge in [-0.05, 0) is 79.0 Å². The van der Waals surface area contributed by atoms with Crippen LogP contribution >= 0.6 is 11.6 Å². The van der Waals surface area contributed by atoms with E-state index in [1.54, 1.807) is 12.1 Å². The molecule has 0 radical (unpaired) electrons. The van der Waals surface area contributed by atoms with Crippen LogP contribution in [0.4, 0.5) is 5.69 Å². The number of carboxylic acids is 1. The highest BCUT2D eigenvalue weighted by Gasteiger charge is 2.40. The first-order valence-corrected chi connectivity index (χ1v) is 13.3. The summed E-state index contributed by atoms with van der Waals surface area (Å²) >= 11 is 6.06. The molecule has 1 heterocycles.